The number of nitrogens with zero attached hydrogens (tertiary/aromatic N) is 2. The van der Waals surface area contributed by atoms with Crippen molar-refractivity contribution < 1.29 is 4.79 Å². The summed E-state index contributed by atoms with van der Waals surface area (Å²) in [6.07, 6.45) is 3.41. The molecule has 2 rings (SSSR count). The van der Waals surface area contributed by atoms with Gasteiger partial charge in [0.05, 0.1) is 6.04 Å². The Morgan fingerprint density at radius 2 is 2.44 bits per heavy atom. The van der Waals surface area contributed by atoms with Crippen LogP contribution >= 0.6 is 11.3 Å². The van der Waals surface area contributed by atoms with Gasteiger partial charge in [-0.2, -0.15) is 0 Å². The average molecular weight is 262 g/mol. The van der Waals surface area contributed by atoms with E-state index in [1.807, 2.05) is 19.1 Å². The number of nitrogens with two attached hydrogens (primary N) is 1. The predicted molar refractivity (Wildman–Crippen MR) is 70.1 cm³/mol. The molecule has 1 amide bonds. The maximum absolute atomic E-state index is 11.8. The van der Waals surface area contributed by atoms with Crippen molar-refractivity contribution in [3.05, 3.63) is 46.2 Å². The van der Waals surface area contributed by atoms with Crippen LogP contribution in [-0.4, -0.2) is 15.9 Å². The Kier molecular flexibility index (Phi) is 4.01. The van der Waals surface area contributed by atoms with Crippen molar-refractivity contribution in [1.29, 1.82) is 0 Å². The monoisotopic (exact) mass is 262 g/mol. The summed E-state index contributed by atoms with van der Waals surface area (Å²) >= 11 is 1.40. The Labute approximate surface area is 109 Å². The summed E-state index contributed by atoms with van der Waals surface area (Å²) in [5.74, 6) is -0.193. The summed E-state index contributed by atoms with van der Waals surface area (Å²) in [5.41, 5.74) is 7.07. The zero-order valence-corrected chi connectivity index (χ0v) is 10.8. The van der Waals surface area contributed by atoms with Crippen LogP contribution in [0, 0.1) is 0 Å². The molecule has 2 aromatic rings. The highest BCUT2D eigenvalue weighted by atomic mass is 32.1. The third kappa shape index (κ3) is 3.12. The molecule has 2 heterocycles. The minimum Gasteiger partial charge on any atom is -0.347 e. The fraction of sp³-hybridized carbons (Fsp3) is 0.250. The number of hydrogen-bond acceptors (Lipinski definition) is 5. The summed E-state index contributed by atoms with van der Waals surface area (Å²) < 4.78 is 0. The van der Waals surface area contributed by atoms with Crippen molar-refractivity contribution in [1.82, 2.24) is 15.3 Å². The lowest BCUT2D eigenvalue weighted by molar-refractivity contribution is 0.0946. The molecular formula is C12H14N4OS. The Bertz CT molecular complexity index is 524. The quantitative estimate of drug-likeness (QED) is 0.874. The van der Waals surface area contributed by atoms with Gasteiger partial charge in [0.1, 0.15) is 10.7 Å². The Balaban J connectivity index is 1.95. The predicted octanol–water partition coefficient (Wildman–Crippen LogP) is 1.49. The molecule has 0 saturated carbocycles. The van der Waals surface area contributed by atoms with Gasteiger partial charge in [0, 0.05) is 24.3 Å². The molecular weight excluding hydrogens is 248 g/mol. The van der Waals surface area contributed by atoms with Crippen molar-refractivity contribution in [2.75, 3.05) is 0 Å². The van der Waals surface area contributed by atoms with Crippen LogP contribution in [-0.2, 0) is 6.54 Å². The standard InChI is InChI=1S/C12H14N4OS/c1-8(13)12-16-10(7-18-12)11(17)15-6-9-3-2-4-14-5-9/h2-5,7-8H,6,13H2,1H3,(H,15,17). The van der Waals surface area contributed by atoms with Crippen LogP contribution in [0.15, 0.2) is 29.9 Å². The van der Waals surface area contributed by atoms with Crippen LogP contribution in [0.25, 0.3) is 0 Å². The molecule has 0 aliphatic rings. The normalized spacial score (nSPS) is 12.1. The van der Waals surface area contributed by atoms with E-state index >= 15 is 0 Å². The molecule has 1 atom stereocenters. The lowest BCUT2D eigenvalue weighted by Crippen LogP contribution is -2.23. The smallest absolute Gasteiger partial charge is 0.271 e. The average Bonchev–Trinajstić information content (AvgIpc) is 2.87. The van der Waals surface area contributed by atoms with Gasteiger partial charge in [0.2, 0.25) is 0 Å². The zero-order chi connectivity index (χ0) is 13.0. The minimum atomic E-state index is -0.193. The van der Waals surface area contributed by atoms with E-state index < -0.39 is 0 Å². The largest absolute Gasteiger partial charge is 0.347 e. The Morgan fingerprint density at radius 3 is 3.06 bits per heavy atom. The lowest BCUT2D eigenvalue weighted by Gasteiger charge is -2.02. The minimum absolute atomic E-state index is 0.144. The summed E-state index contributed by atoms with van der Waals surface area (Å²) in [6, 6.07) is 3.59. The van der Waals surface area contributed by atoms with E-state index in [4.69, 9.17) is 5.73 Å². The first kappa shape index (κ1) is 12.7. The van der Waals surface area contributed by atoms with E-state index in [2.05, 4.69) is 15.3 Å². The zero-order valence-electron chi connectivity index (χ0n) is 9.96. The summed E-state index contributed by atoms with van der Waals surface area (Å²) in [7, 11) is 0. The molecule has 1 unspecified atom stereocenters. The van der Waals surface area contributed by atoms with Gasteiger partial charge >= 0.3 is 0 Å². The van der Waals surface area contributed by atoms with E-state index in [0.717, 1.165) is 10.6 Å². The maximum Gasteiger partial charge on any atom is 0.271 e. The van der Waals surface area contributed by atoms with Gasteiger partial charge in [-0.15, -0.1) is 11.3 Å². The van der Waals surface area contributed by atoms with Gasteiger partial charge in [-0.25, -0.2) is 4.98 Å². The first-order valence-corrected chi connectivity index (χ1v) is 6.43. The fourth-order valence-corrected chi connectivity index (χ4v) is 2.13. The van der Waals surface area contributed by atoms with Crippen LogP contribution < -0.4 is 11.1 Å². The third-order valence-corrected chi connectivity index (χ3v) is 3.37. The number of nitrogens with one attached hydrogen (secondary N) is 1. The summed E-state index contributed by atoms with van der Waals surface area (Å²) in [6.45, 7) is 2.29. The molecule has 0 saturated heterocycles. The van der Waals surface area contributed by atoms with E-state index in [0.29, 0.717) is 12.2 Å². The number of rotatable bonds is 4. The molecule has 0 aliphatic carbocycles. The molecule has 18 heavy (non-hydrogen) atoms. The number of carbonyl (C=O) groups is 1. The van der Waals surface area contributed by atoms with Gasteiger partial charge in [-0.05, 0) is 18.6 Å². The second kappa shape index (κ2) is 5.70. The first-order chi connectivity index (χ1) is 8.66. The summed E-state index contributed by atoms with van der Waals surface area (Å²) in [5, 5.41) is 5.28. The van der Waals surface area contributed by atoms with Crippen molar-refractivity contribution in [2.24, 2.45) is 5.73 Å². The van der Waals surface area contributed by atoms with Crippen LogP contribution in [0.2, 0.25) is 0 Å². The Morgan fingerprint density at radius 1 is 1.61 bits per heavy atom. The van der Waals surface area contributed by atoms with E-state index in [1.165, 1.54) is 11.3 Å². The van der Waals surface area contributed by atoms with E-state index in [-0.39, 0.29) is 11.9 Å². The number of pyridine rings is 1. The van der Waals surface area contributed by atoms with E-state index in [9.17, 15) is 4.79 Å². The fourth-order valence-electron chi connectivity index (χ4n) is 1.38. The lowest BCUT2D eigenvalue weighted by atomic mass is 10.3. The number of amides is 1. The molecule has 3 N–H and O–H groups in total. The van der Waals surface area contributed by atoms with Crippen molar-refractivity contribution >= 4 is 17.2 Å². The third-order valence-electron chi connectivity index (χ3n) is 2.32. The highest BCUT2D eigenvalue weighted by molar-refractivity contribution is 7.09. The molecule has 2 aromatic heterocycles. The van der Waals surface area contributed by atoms with Gasteiger partial charge < -0.3 is 11.1 Å². The molecule has 0 aliphatic heterocycles. The highest BCUT2D eigenvalue weighted by Gasteiger charge is 2.12. The van der Waals surface area contributed by atoms with Gasteiger partial charge in [0.25, 0.3) is 5.91 Å². The Hall–Kier alpha value is -1.79. The van der Waals surface area contributed by atoms with Crippen molar-refractivity contribution in [3.63, 3.8) is 0 Å². The molecule has 94 valence electrons. The second-order valence-electron chi connectivity index (χ2n) is 3.90. The summed E-state index contributed by atoms with van der Waals surface area (Å²) in [4.78, 5) is 20.0. The van der Waals surface area contributed by atoms with Gasteiger partial charge in [0.15, 0.2) is 0 Å². The van der Waals surface area contributed by atoms with Crippen LogP contribution in [0.4, 0.5) is 0 Å². The molecule has 6 heteroatoms. The van der Waals surface area contributed by atoms with Crippen LogP contribution in [0.1, 0.15) is 34.0 Å². The van der Waals surface area contributed by atoms with Crippen molar-refractivity contribution in [3.8, 4) is 0 Å². The topological polar surface area (TPSA) is 80.9 Å². The molecule has 0 spiro atoms. The van der Waals surface area contributed by atoms with Crippen molar-refractivity contribution in [2.45, 2.75) is 19.5 Å². The molecule has 0 bridgehead atoms. The number of carbonyl (C=O) groups excluding carboxylic acids is 1. The van der Waals surface area contributed by atoms with Gasteiger partial charge in [-0.3, -0.25) is 9.78 Å². The van der Waals surface area contributed by atoms with Gasteiger partial charge in [-0.1, -0.05) is 6.07 Å². The molecule has 0 aromatic carbocycles. The van der Waals surface area contributed by atoms with Crippen LogP contribution in [0.5, 0.6) is 0 Å². The first-order valence-electron chi connectivity index (χ1n) is 5.55. The SMILES string of the molecule is CC(N)c1nc(C(=O)NCc2cccnc2)cs1. The number of aromatic nitrogens is 2. The molecule has 0 radical (unpaired) electrons. The molecule has 5 nitrogen and oxygen atoms in total. The van der Waals surface area contributed by atoms with Crippen LogP contribution in [0.3, 0.4) is 0 Å². The second-order valence-corrected chi connectivity index (χ2v) is 4.79. The van der Waals surface area contributed by atoms with E-state index in [1.54, 1.807) is 17.8 Å². The number of hydrogen-bond donors (Lipinski definition) is 2. The maximum atomic E-state index is 11.8. The highest BCUT2D eigenvalue weighted by Crippen LogP contribution is 2.15. The molecule has 0 fully saturated rings. The number of thiazole rings is 1.